The molecule has 1 rings (SSSR count). The standard InChI is InChI=1S/C4H6NO3/c6-4(7)3-5-1-2-8-3/h3,5H,1-2H2. The minimum atomic E-state index is -1.19. The summed E-state index contributed by atoms with van der Waals surface area (Å²) < 4.78 is 4.64. The molecule has 1 aliphatic rings. The van der Waals surface area contributed by atoms with Gasteiger partial charge in [-0.05, 0) is 0 Å². The Hall–Kier alpha value is -0.610. The maximum Gasteiger partial charge on any atom is 0.398 e. The molecule has 1 N–H and O–H groups in total. The number of hydrogen-bond donors (Lipinski definition) is 1. The van der Waals surface area contributed by atoms with Crippen molar-refractivity contribution in [1.29, 1.82) is 0 Å². The van der Waals surface area contributed by atoms with E-state index in [4.69, 9.17) is 0 Å². The zero-order valence-corrected chi connectivity index (χ0v) is 4.22. The van der Waals surface area contributed by atoms with Gasteiger partial charge in [0.05, 0.1) is 6.61 Å². The molecule has 0 aromatic carbocycles. The molecule has 1 saturated heterocycles. The van der Waals surface area contributed by atoms with Crippen molar-refractivity contribution < 1.29 is 14.6 Å². The van der Waals surface area contributed by atoms with Gasteiger partial charge in [-0.2, -0.15) is 0 Å². The summed E-state index contributed by atoms with van der Waals surface area (Å²) in [5, 5.41) is 12.5. The van der Waals surface area contributed by atoms with Crippen molar-refractivity contribution in [2.24, 2.45) is 0 Å². The minimum absolute atomic E-state index is 0.457. The molecule has 4 nitrogen and oxygen atoms in total. The third kappa shape index (κ3) is 0.962. The second-order valence-electron chi connectivity index (χ2n) is 1.52. The highest BCUT2D eigenvalue weighted by Crippen LogP contribution is 1.93. The van der Waals surface area contributed by atoms with E-state index in [1.54, 1.807) is 0 Å². The third-order valence-electron chi connectivity index (χ3n) is 0.930. The number of nitrogens with one attached hydrogen (secondary N) is 1. The van der Waals surface area contributed by atoms with Crippen LogP contribution < -0.4 is 5.32 Å². The van der Waals surface area contributed by atoms with Gasteiger partial charge in [0.2, 0.25) is 6.23 Å². The summed E-state index contributed by atoms with van der Waals surface area (Å²) in [7, 11) is 0. The van der Waals surface area contributed by atoms with Crippen molar-refractivity contribution in [3.8, 4) is 0 Å². The van der Waals surface area contributed by atoms with Crippen LogP contribution in [-0.4, -0.2) is 25.3 Å². The molecule has 0 saturated carbocycles. The fourth-order valence-electron chi connectivity index (χ4n) is 0.577. The van der Waals surface area contributed by atoms with E-state index in [-0.39, 0.29) is 0 Å². The Balaban J connectivity index is 2.35. The van der Waals surface area contributed by atoms with Crippen molar-refractivity contribution in [3.63, 3.8) is 0 Å². The Morgan fingerprint density at radius 3 is 2.75 bits per heavy atom. The lowest BCUT2D eigenvalue weighted by atomic mass is 10.6. The maximum atomic E-state index is 9.90. The first-order valence-corrected chi connectivity index (χ1v) is 2.36. The largest absolute Gasteiger partial charge is 0.398 e. The quantitative estimate of drug-likeness (QED) is 0.472. The first-order valence-electron chi connectivity index (χ1n) is 2.36. The molecule has 1 heterocycles. The number of ether oxygens (including phenoxy) is 1. The smallest absolute Gasteiger partial charge is 0.351 e. The summed E-state index contributed by atoms with van der Waals surface area (Å²) >= 11 is 0. The molecule has 1 unspecified atom stereocenters. The van der Waals surface area contributed by atoms with Gasteiger partial charge in [-0.3, -0.25) is 5.32 Å². The van der Waals surface area contributed by atoms with E-state index < -0.39 is 12.2 Å². The molecule has 4 heteroatoms. The molecular formula is C4H6NO3. The molecule has 0 spiro atoms. The molecule has 1 radical (unpaired) electrons. The van der Waals surface area contributed by atoms with Crippen LogP contribution in [-0.2, 0) is 14.6 Å². The van der Waals surface area contributed by atoms with Crippen LogP contribution in [0.4, 0.5) is 0 Å². The molecule has 1 fully saturated rings. The highest BCUT2D eigenvalue weighted by atomic mass is 16.5. The Morgan fingerprint density at radius 2 is 2.50 bits per heavy atom. The van der Waals surface area contributed by atoms with Gasteiger partial charge in [-0.15, -0.1) is 0 Å². The number of carbonyl (C=O) groups is 1. The lowest BCUT2D eigenvalue weighted by molar-refractivity contribution is -0.154. The van der Waals surface area contributed by atoms with Crippen molar-refractivity contribution in [2.45, 2.75) is 6.23 Å². The van der Waals surface area contributed by atoms with Gasteiger partial charge in [-0.1, -0.05) is 0 Å². The number of carbonyl (C=O) groups excluding carboxylic acids is 1. The Morgan fingerprint density at radius 1 is 1.75 bits per heavy atom. The van der Waals surface area contributed by atoms with Gasteiger partial charge >= 0.3 is 5.97 Å². The summed E-state index contributed by atoms with van der Waals surface area (Å²) in [6.45, 7) is 1.05. The predicted octanol–water partition coefficient (Wildman–Crippen LogP) is -1.11. The van der Waals surface area contributed by atoms with Gasteiger partial charge in [0.15, 0.2) is 0 Å². The Kier molecular flexibility index (Phi) is 1.45. The van der Waals surface area contributed by atoms with E-state index in [1.807, 2.05) is 0 Å². The van der Waals surface area contributed by atoms with Crippen LogP contribution >= 0.6 is 0 Å². The van der Waals surface area contributed by atoms with Crippen molar-refractivity contribution in [1.82, 2.24) is 5.32 Å². The molecule has 0 aromatic rings. The van der Waals surface area contributed by atoms with E-state index in [9.17, 15) is 9.90 Å². The first-order chi connectivity index (χ1) is 3.80. The average Bonchev–Trinajstić information content (AvgIpc) is 2.12. The predicted molar refractivity (Wildman–Crippen MR) is 23.4 cm³/mol. The van der Waals surface area contributed by atoms with Gasteiger partial charge in [0, 0.05) is 6.54 Å². The normalized spacial score (nSPS) is 28.2. The molecule has 0 aliphatic carbocycles. The third-order valence-corrected chi connectivity index (χ3v) is 0.930. The van der Waals surface area contributed by atoms with E-state index in [0.29, 0.717) is 13.2 Å². The topological polar surface area (TPSA) is 58.2 Å². The Labute approximate surface area is 46.4 Å². The van der Waals surface area contributed by atoms with Crippen molar-refractivity contribution in [2.75, 3.05) is 13.2 Å². The maximum absolute atomic E-state index is 9.90. The summed E-state index contributed by atoms with van der Waals surface area (Å²) in [5.74, 6) is -1.19. The fourth-order valence-corrected chi connectivity index (χ4v) is 0.577. The van der Waals surface area contributed by atoms with Crippen molar-refractivity contribution in [3.05, 3.63) is 0 Å². The lowest BCUT2D eigenvalue weighted by Gasteiger charge is -1.97. The molecule has 45 valence electrons. The SMILES string of the molecule is [O]C(=O)C1NCCO1. The zero-order chi connectivity index (χ0) is 5.98. The molecule has 0 aromatic heterocycles. The molecule has 1 atom stereocenters. The monoisotopic (exact) mass is 116 g/mol. The van der Waals surface area contributed by atoms with E-state index >= 15 is 0 Å². The lowest BCUT2D eigenvalue weighted by Crippen LogP contribution is -2.30. The van der Waals surface area contributed by atoms with E-state index in [0.717, 1.165) is 0 Å². The van der Waals surface area contributed by atoms with Gasteiger partial charge < -0.3 is 4.74 Å². The zero-order valence-electron chi connectivity index (χ0n) is 4.22. The van der Waals surface area contributed by atoms with E-state index in [1.165, 1.54) is 0 Å². The number of rotatable bonds is 1. The van der Waals surface area contributed by atoms with Gasteiger partial charge in [0.25, 0.3) is 0 Å². The fraction of sp³-hybridized carbons (Fsp3) is 0.750. The second-order valence-corrected chi connectivity index (χ2v) is 1.52. The summed E-state index contributed by atoms with van der Waals surface area (Å²) in [6, 6.07) is 0. The molecule has 1 aliphatic heterocycles. The van der Waals surface area contributed by atoms with Gasteiger partial charge in [0.1, 0.15) is 0 Å². The second kappa shape index (κ2) is 2.11. The van der Waals surface area contributed by atoms with Crippen LogP contribution in [0.25, 0.3) is 0 Å². The van der Waals surface area contributed by atoms with E-state index in [2.05, 4.69) is 10.1 Å². The molecule has 0 bridgehead atoms. The average molecular weight is 116 g/mol. The Bertz CT molecular complexity index is 97.5. The van der Waals surface area contributed by atoms with Crippen LogP contribution in [0, 0.1) is 0 Å². The van der Waals surface area contributed by atoms with Crippen molar-refractivity contribution >= 4 is 5.97 Å². The van der Waals surface area contributed by atoms with Crippen LogP contribution in [0.15, 0.2) is 0 Å². The molecular weight excluding hydrogens is 110 g/mol. The minimum Gasteiger partial charge on any atom is -0.351 e. The first kappa shape index (κ1) is 5.53. The van der Waals surface area contributed by atoms with Crippen LogP contribution in [0.3, 0.4) is 0 Å². The number of hydrogen-bond acceptors (Lipinski definition) is 3. The van der Waals surface area contributed by atoms with Crippen LogP contribution in [0.5, 0.6) is 0 Å². The van der Waals surface area contributed by atoms with Crippen LogP contribution in [0.1, 0.15) is 0 Å². The molecule has 8 heavy (non-hydrogen) atoms. The van der Waals surface area contributed by atoms with Crippen LogP contribution in [0.2, 0.25) is 0 Å². The summed E-state index contributed by atoms with van der Waals surface area (Å²) in [4.78, 5) is 9.90. The highest BCUT2D eigenvalue weighted by molar-refractivity contribution is 5.71. The summed E-state index contributed by atoms with van der Waals surface area (Å²) in [5.41, 5.74) is 0. The van der Waals surface area contributed by atoms with Gasteiger partial charge in [-0.25, -0.2) is 9.90 Å². The summed E-state index contributed by atoms with van der Waals surface area (Å²) in [6.07, 6.45) is -0.880. The highest BCUT2D eigenvalue weighted by Gasteiger charge is 2.22. The molecule has 0 amide bonds.